The van der Waals surface area contributed by atoms with E-state index in [1.165, 1.54) is 33.1 Å². The molecule has 2 heterocycles. The Morgan fingerprint density at radius 2 is 1.92 bits per heavy atom. The number of nitrogens with one attached hydrogen (secondary N) is 1. The second-order valence-electron chi connectivity index (χ2n) is 5.86. The Morgan fingerprint density at radius 1 is 1.20 bits per heavy atom. The number of benzene rings is 1. The number of carboxylic acid groups (broad SMARTS) is 2. The fourth-order valence-electron chi connectivity index (χ4n) is 2.96. The van der Waals surface area contributed by atoms with Crippen molar-refractivity contribution in [1.82, 2.24) is 10.3 Å². The van der Waals surface area contributed by atoms with Crippen LogP contribution in [0.4, 0.5) is 0 Å². The molecule has 0 unspecified atom stereocenters. The summed E-state index contributed by atoms with van der Waals surface area (Å²) in [4.78, 5) is 25.5. The van der Waals surface area contributed by atoms with Crippen LogP contribution in [0.5, 0.6) is 0 Å². The molecule has 1 aromatic carbocycles. The summed E-state index contributed by atoms with van der Waals surface area (Å²) in [5.74, 6) is -1.86. The molecule has 0 spiro atoms. The third-order valence-corrected chi connectivity index (χ3v) is 5.33. The largest absolute Gasteiger partial charge is 0.478 e. The molecule has 0 bridgehead atoms. The Balaban J connectivity index is 0.000000197. The van der Waals surface area contributed by atoms with E-state index in [-0.39, 0.29) is 0 Å². The van der Waals surface area contributed by atoms with Gasteiger partial charge in [-0.1, -0.05) is 24.3 Å². The number of aliphatic carboxylic acids is 2. The van der Waals surface area contributed by atoms with Crippen LogP contribution in [-0.2, 0) is 16.0 Å². The Morgan fingerprint density at radius 3 is 2.56 bits per heavy atom. The number of hydrogen-bond donors (Lipinski definition) is 3. The zero-order valence-electron chi connectivity index (χ0n) is 13.4. The predicted molar refractivity (Wildman–Crippen MR) is 95.0 cm³/mol. The summed E-state index contributed by atoms with van der Waals surface area (Å²) in [6.07, 6.45) is 3.45. The number of thiazole rings is 1. The summed E-state index contributed by atoms with van der Waals surface area (Å²) >= 11 is 1.92. The molecule has 2 aliphatic rings. The maximum absolute atomic E-state index is 9.55. The van der Waals surface area contributed by atoms with Crippen molar-refractivity contribution in [3.63, 3.8) is 0 Å². The Hall–Kier alpha value is -2.51. The molecule has 1 saturated heterocycles. The van der Waals surface area contributed by atoms with Gasteiger partial charge in [-0.05, 0) is 18.5 Å². The predicted octanol–water partition coefficient (Wildman–Crippen LogP) is 2.50. The van der Waals surface area contributed by atoms with Gasteiger partial charge in [-0.3, -0.25) is 0 Å². The number of aromatic nitrogens is 1. The van der Waals surface area contributed by atoms with E-state index in [0.29, 0.717) is 18.1 Å². The van der Waals surface area contributed by atoms with Crippen LogP contribution in [-0.4, -0.2) is 40.2 Å². The quantitative estimate of drug-likeness (QED) is 0.622. The SMILES string of the molecule is O=C(O)C=CC(=O)O.c1ccc2c(c1)Cc1sc([C@H]3CCNC3)nc1-2. The minimum atomic E-state index is -1.26. The molecule has 1 aromatic heterocycles. The minimum Gasteiger partial charge on any atom is -0.478 e. The van der Waals surface area contributed by atoms with Gasteiger partial charge < -0.3 is 15.5 Å². The number of fused-ring (bicyclic) bond motifs is 3. The first-order valence-electron chi connectivity index (χ1n) is 7.97. The van der Waals surface area contributed by atoms with Crippen molar-refractivity contribution in [3.8, 4) is 11.3 Å². The van der Waals surface area contributed by atoms with E-state index in [0.717, 1.165) is 19.5 Å². The monoisotopic (exact) mass is 358 g/mol. The van der Waals surface area contributed by atoms with Crippen molar-refractivity contribution in [2.75, 3.05) is 13.1 Å². The zero-order valence-corrected chi connectivity index (χ0v) is 14.3. The average molecular weight is 358 g/mol. The molecular weight excluding hydrogens is 340 g/mol. The lowest BCUT2D eigenvalue weighted by Crippen LogP contribution is -2.07. The van der Waals surface area contributed by atoms with E-state index in [2.05, 4.69) is 29.6 Å². The van der Waals surface area contributed by atoms with Gasteiger partial charge in [-0.2, -0.15) is 0 Å². The van der Waals surface area contributed by atoms with Gasteiger partial charge in [0.25, 0.3) is 0 Å². The summed E-state index contributed by atoms with van der Waals surface area (Å²) in [5, 5.41) is 20.4. The average Bonchev–Trinajstić information content (AvgIpc) is 3.28. The lowest BCUT2D eigenvalue weighted by molar-refractivity contribution is -0.134. The molecule has 4 rings (SSSR count). The second kappa shape index (κ2) is 7.58. The van der Waals surface area contributed by atoms with Gasteiger partial charge in [-0.15, -0.1) is 11.3 Å². The molecule has 1 aliphatic heterocycles. The molecule has 1 fully saturated rings. The minimum absolute atomic E-state index is 0.558. The number of rotatable bonds is 3. The van der Waals surface area contributed by atoms with Crippen LogP contribution in [0.25, 0.3) is 11.3 Å². The zero-order chi connectivity index (χ0) is 17.8. The molecular formula is C18H18N2O4S. The summed E-state index contributed by atoms with van der Waals surface area (Å²) < 4.78 is 0. The van der Waals surface area contributed by atoms with Crippen molar-refractivity contribution in [2.24, 2.45) is 0 Å². The van der Waals surface area contributed by atoms with Crippen molar-refractivity contribution < 1.29 is 19.8 Å². The first-order chi connectivity index (χ1) is 12.0. The van der Waals surface area contributed by atoms with Crippen molar-refractivity contribution >= 4 is 23.3 Å². The van der Waals surface area contributed by atoms with Crippen LogP contribution in [0, 0.1) is 0 Å². The summed E-state index contributed by atoms with van der Waals surface area (Å²) in [6.45, 7) is 2.25. The van der Waals surface area contributed by atoms with Crippen LogP contribution in [0.1, 0.15) is 27.8 Å². The van der Waals surface area contributed by atoms with Gasteiger partial charge in [0.1, 0.15) is 0 Å². The van der Waals surface area contributed by atoms with Gasteiger partial charge in [0, 0.05) is 41.5 Å². The highest BCUT2D eigenvalue weighted by Crippen LogP contribution is 2.41. The van der Waals surface area contributed by atoms with E-state index in [1.807, 2.05) is 11.3 Å². The maximum Gasteiger partial charge on any atom is 0.328 e. The van der Waals surface area contributed by atoms with E-state index in [4.69, 9.17) is 15.2 Å². The maximum atomic E-state index is 9.55. The number of carboxylic acids is 2. The molecule has 1 atom stereocenters. The lowest BCUT2D eigenvalue weighted by Gasteiger charge is -2.03. The molecule has 0 saturated carbocycles. The van der Waals surface area contributed by atoms with Crippen molar-refractivity contribution in [1.29, 1.82) is 0 Å². The standard InChI is InChI=1S/C14H14N2S.C4H4O4/c1-2-4-11-9(3-1)7-12-13(11)16-14(17-12)10-5-6-15-8-10;5-3(6)1-2-4(7)8/h1-4,10,15H,5-8H2;1-2H,(H,5,6)(H,7,8)/t10-;/m0./s1. The smallest absolute Gasteiger partial charge is 0.328 e. The fraction of sp³-hybridized carbons (Fsp3) is 0.278. The summed E-state index contributed by atoms with van der Waals surface area (Å²) in [6, 6.07) is 8.67. The Bertz CT molecular complexity index is 806. The number of carbonyl (C=O) groups is 2. The Kier molecular flexibility index (Phi) is 5.25. The number of hydrogen-bond acceptors (Lipinski definition) is 5. The van der Waals surface area contributed by atoms with E-state index < -0.39 is 11.9 Å². The van der Waals surface area contributed by atoms with Gasteiger partial charge in [0.15, 0.2) is 0 Å². The number of nitrogens with zero attached hydrogens (tertiary/aromatic N) is 1. The van der Waals surface area contributed by atoms with Crippen LogP contribution >= 0.6 is 11.3 Å². The Labute approximate surface area is 148 Å². The molecule has 130 valence electrons. The van der Waals surface area contributed by atoms with Crippen molar-refractivity contribution in [3.05, 3.63) is 51.9 Å². The summed E-state index contributed by atoms with van der Waals surface area (Å²) in [7, 11) is 0. The van der Waals surface area contributed by atoms with Crippen LogP contribution in [0.3, 0.4) is 0 Å². The fourth-order valence-corrected chi connectivity index (χ4v) is 4.20. The lowest BCUT2D eigenvalue weighted by atomic mass is 10.1. The normalized spacial score (nSPS) is 17.7. The van der Waals surface area contributed by atoms with Crippen LogP contribution < -0.4 is 5.32 Å². The first kappa shape index (κ1) is 17.3. The molecule has 0 radical (unpaired) electrons. The van der Waals surface area contributed by atoms with Crippen molar-refractivity contribution in [2.45, 2.75) is 18.8 Å². The first-order valence-corrected chi connectivity index (χ1v) is 8.78. The molecule has 6 nitrogen and oxygen atoms in total. The molecule has 2 aromatic rings. The highest BCUT2D eigenvalue weighted by atomic mass is 32.1. The molecule has 7 heteroatoms. The van der Waals surface area contributed by atoms with Gasteiger partial charge in [-0.25, -0.2) is 14.6 Å². The van der Waals surface area contributed by atoms with Gasteiger partial charge in [0.05, 0.1) is 10.7 Å². The third-order valence-electron chi connectivity index (χ3n) is 4.12. The topological polar surface area (TPSA) is 99.5 Å². The summed E-state index contributed by atoms with van der Waals surface area (Å²) in [5.41, 5.74) is 4.06. The second-order valence-corrected chi connectivity index (χ2v) is 6.97. The molecule has 1 aliphatic carbocycles. The van der Waals surface area contributed by atoms with E-state index >= 15 is 0 Å². The van der Waals surface area contributed by atoms with Crippen LogP contribution in [0.15, 0.2) is 36.4 Å². The van der Waals surface area contributed by atoms with E-state index in [1.54, 1.807) is 0 Å². The molecule has 25 heavy (non-hydrogen) atoms. The highest BCUT2D eigenvalue weighted by Gasteiger charge is 2.27. The van der Waals surface area contributed by atoms with Gasteiger partial charge >= 0.3 is 11.9 Å². The van der Waals surface area contributed by atoms with Crippen LogP contribution in [0.2, 0.25) is 0 Å². The third kappa shape index (κ3) is 4.12. The highest BCUT2D eigenvalue weighted by molar-refractivity contribution is 7.12. The van der Waals surface area contributed by atoms with Gasteiger partial charge in [0.2, 0.25) is 0 Å². The molecule has 3 N–H and O–H groups in total. The van der Waals surface area contributed by atoms with E-state index in [9.17, 15) is 9.59 Å². The molecule has 0 amide bonds.